The summed E-state index contributed by atoms with van der Waals surface area (Å²) >= 11 is 1.18. The highest BCUT2D eigenvalue weighted by molar-refractivity contribution is 8.00. The zero-order chi connectivity index (χ0) is 66.7. The Morgan fingerprint density at radius 1 is 0.140 bits per heavy atom. The summed E-state index contributed by atoms with van der Waals surface area (Å²) in [7, 11) is 0. The molecule has 32 nitrogen and oxygen atoms in total. The maximum Gasteiger partial charge on any atom is 0.128 e. The Kier molecular flexibility index (Phi) is 86.3. The van der Waals surface area contributed by atoms with E-state index in [1.807, 2.05) is 0 Å². The molecule has 0 rings (SSSR count). The van der Waals surface area contributed by atoms with Crippen molar-refractivity contribution in [1.82, 2.24) is 0 Å². The first-order chi connectivity index (χ1) is 46.3. The van der Waals surface area contributed by atoms with E-state index in [-0.39, 0.29) is 39.6 Å². The first-order valence-corrected chi connectivity index (χ1v) is 33.6. The third kappa shape index (κ3) is 83.4. The zero-order valence-corrected chi connectivity index (χ0v) is 56.6. The van der Waals surface area contributed by atoms with Gasteiger partial charge in [-0.25, -0.2) is 0 Å². The van der Waals surface area contributed by atoms with Gasteiger partial charge in [0.15, 0.2) is 0 Å². The van der Waals surface area contributed by atoms with Crippen LogP contribution in [0, 0.1) is 0 Å². The van der Waals surface area contributed by atoms with Crippen molar-refractivity contribution in [1.29, 1.82) is 0 Å². The van der Waals surface area contributed by atoms with E-state index in [0.29, 0.717) is 344 Å². The third-order valence-corrected chi connectivity index (χ3v) is 12.2. The largest absolute Gasteiger partial charge is 0.394 e. The quantitative estimate of drug-likeness (QED) is 0.0411. The molecule has 0 bridgehead atoms. The first kappa shape index (κ1) is 92.1. The Labute approximate surface area is 557 Å². The molecule has 0 spiro atoms. The highest BCUT2D eigenvalue weighted by Crippen LogP contribution is 2.20. The minimum Gasteiger partial charge on any atom is -0.394 e. The molecule has 0 saturated heterocycles. The maximum atomic E-state index is 9.76. The van der Waals surface area contributed by atoms with Crippen LogP contribution in [-0.2, 0) is 133 Å². The highest BCUT2D eigenvalue weighted by atomic mass is 32.2. The van der Waals surface area contributed by atoms with Crippen LogP contribution in [0.2, 0.25) is 0 Å². The predicted molar refractivity (Wildman–Crippen MR) is 337 cm³/mol. The van der Waals surface area contributed by atoms with Gasteiger partial charge in [-0.05, 0) is 0 Å². The Hall–Kier alpha value is -0.930. The van der Waals surface area contributed by atoms with Gasteiger partial charge in [0.1, 0.15) is 10.9 Å². The Bertz CT molecular complexity index is 1220. The molecule has 0 aliphatic carbocycles. The summed E-state index contributed by atoms with van der Waals surface area (Å²) in [6.07, 6.45) is 0. The number of ether oxygens (including phenoxy) is 28. The average Bonchev–Trinajstić information content (AvgIpc) is 3.62. The fraction of sp³-hybridized carbons (Fsp3) is 1.00. The molecule has 0 radical (unpaired) electrons. The van der Waals surface area contributed by atoms with Gasteiger partial charge < -0.3 is 153 Å². The van der Waals surface area contributed by atoms with Crippen molar-refractivity contribution < 1.29 is 153 Å². The molecule has 0 saturated carbocycles. The summed E-state index contributed by atoms with van der Waals surface area (Å²) in [4.78, 5) is 0. The lowest BCUT2D eigenvalue weighted by molar-refractivity contribution is -0.0309. The molecule has 0 aliphatic heterocycles. The van der Waals surface area contributed by atoms with Gasteiger partial charge in [-0.3, -0.25) is 0 Å². The molecule has 33 heteroatoms. The summed E-state index contributed by atoms with van der Waals surface area (Å²) in [5.74, 6) is 0. The summed E-state index contributed by atoms with van der Waals surface area (Å²) in [5.41, 5.74) is -1.19. The van der Waals surface area contributed by atoms with Crippen molar-refractivity contribution in [2.75, 3.05) is 383 Å². The topological polar surface area (TPSA) is 339 Å². The van der Waals surface area contributed by atoms with Crippen LogP contribution in [0.3, 0.4) is 0 Å². The highest BCUT2D eigenvalue weighted by Gasteiger charge is 2.17. The van der Waals surface area contributed by atoms with Crippen LogP contribution in [0.15, 0.2) is 0 Å². The van der Waals surface area contributed by atoms with Gasteiger partial charge in [-0.2, -0.15) is 0 Å². The van der Waals surface area contributed by atoms with E-state index < -0.39 is 10.9 Å². The number of aliphatic hydroxyl groups is 4. The zero-order valence-electron chi connectivity index (χ0n) is 55.8. The van der Waals surface area contributed by atoms with E-state index in [0.717, 1.165) is 0 Å². The second kappa shape index (κ2) is 87.2. The third-order valence-electron chi connectivity index (χ3n) is 11.1. The van der Waals surface area contributed by atoms with Gasteiger partial charge in [0, 0.05) is 0 Å². The van der Waals surface area contributed by atoms with Crippen molar-refractivity contribution >= 4 is 11.8 Å². The minimum absolute atomic E-state index is 0.0127. The molecule has 0 aliphatic rings. The van der Waals surface area contributed by atoms with Crippen molar-refractivity contribution in [3.8, 4) is 0 Å². The standard InChI is InChI=1S/C60H122O32S/c61-1-3-65-5-7-67-9-11-69-13-15-71-17-19-73-21-23-75-25-27-77-29-31-79-33-35-81-37-39-83-41-43-85-45-47-87-49-51-89-53-55-91-59(57-63)93-60(58-64)92-56-54-90-52-50-88-48-46-86-44-42-84-40-38-82-36-34-80-32-30-78-28-26-76-24-22-74-20-18-72-16-14-70-12-10-68-8-6-66-4-2-62/h59-64H,1-58H2. The molecule has 4 N–H and O–H groups in total. The van der Waals surface area contributed by atoms with E-state index in [9.17, 15) is 10.2 Å². The van der Waals surface area contributed by atoms with Gasteiger partial charge in [-0.1, -0.05) is 11.8 Å². The van der Waals surface area contributed by atoms with Crippen molar-refractivity contribution in [3.63, 3.8) is 0 Å². The second-order valence-corrected chi connectivity index (χ2v) is 19.8. The minimum atomic E-state index is -0.595. The number of hydrogen-bond acceptors (Lipinski definition) is 33. The molecule has 2 unspecified atom stereocenters. The van der Waals surface area contributed by atoms with Gasteiger partial charge in [0.05, 0.1) is 383 Å². The lowest BCUT2D eigenvalue weighted by atomic mass is 10.6. The number of thioether (sulfide) groups is 1. The molecular formula is C60H122O32S. The monoisotopic (exact) mass is 1390 g/mol. The van der Waals surface area contributed by atoms with E-state index >= 15 is 0 Å². The molecule has 2 atom stereocenters. The Morgan fingerprint density at radius 2 is 0.237 bits per heavy atom. The molecule has 93 heavy (non-hydrogen) atoms. The fourth-order valence-corrected chi connectivity index (χ4v) is 7.39. The van der Waals surface area contributed by atoms with E-state index in [2.05, 4.69) is 0 Å². The Morgan fingerprint density at radius 3 is 0.333 bits per heavy atom. The molecule has 0 fully saturated rings. The lowest BCUT2D eigenvalue weighted by Crippen LogP contribution is -2.25. The van der Waals surface area contributed by atoms with E-state index in [4.69, 9.17) is 143 Å². The van der Waals surface area contributed by atoms with Gasteiger partial charge in [-0.15, -0.1) is 0 Å². The van der Waals surface area contributed by atoms with E-state index in [1.54, 1.807) is 0 Å². The molecule has 560 valence electrons. The van der Waals surface area contributed by atoms with Crippen LogP contribution >= 0.6 is 11.8 Å². The average molecular weight is 1390 g/mol. The molecule has 0 aromatic carbocycles. The van der Waals surface area contributed by atoms with Crippen molar-refractivity contribution in [3.05, 3.63) is 0 Å². The van der Waals surface area contributed by atoms with Crippen molar-refractivity contribution in [2.45, 2.75) is 10.9 Å². The van der Waals surface area contributed by atoms with Crippen LogP contribution in [-0.4, -0.2) is 414 Å². The van der Waals surface area contributed by atoms with Crippen LogP contribution in [0.4, 0.5) is 0 Å². The van der Waals surface area contributed by atoms with Crippen LogP contribution in [0.25, 0.3) is 0 Å². The molecule has 0 amide bonds. The molecule has 0 heterocycles. The van der Waals surface area contributed by atoms with Crippen LogP contribution in [0.5, 0.6) is 0 Å². The number of hydrogen-bond donors (Lipinski definition) is 4. The van der Waals surface area contributed by atoms with Gasteiger partial charge in [0.25, 0.3) is 0 Å². The summed E-state index contributed by atoms with van der Waals surface area (Å²) in [6.45, 7) is 23.4. The molecular weight excluding hydrogens is 1260 g/mol. The summed E-state index contributed by atoms with van der Waals surface area (Å²) in [5, 5.41) is 36.8. The van der Waals surface area contributed by atoms with Crippen molar-refractivity contribution in [2.24, 2.45) is 0 Å². The van der Waals surface area contributed by atoms with Gasteiger partial charge >= 0.3 is 0 Å². The Balaban J connectivity index is 3.30. The predicted octanol–water partition coefficient (Wildman–Crippen LogP) is -1.19. The lowest BCUT2D eigenvalue weighted by Gasteiger charge is -2.21. The maximum absolute atomic E-state index is 9.76. The SMILES string of the molecule is OCCOCCOCCOCCOCCOCCOCCOCCOCCOCCOCCOCCOCCOCCOC(CO)SC(CO)OCCOCCOCCOCCOCCOCCOCCOCCOCCOCCOCCOCCOCCOCCO. The van der Waals surface area contributed by atoms with E-state index in [1.165, 1.54) is 11.8 Å². The van der Waals surface area contributed by atoms with Gasteiger partial charge in [0.2, 0.25) is 0 Å². The molecule has 0 aromatic heterocycles. The normalized spacial score (nSPS) is 12.5. The van der Waals surface area contributed by atoms with Crippen LogP contribution < -0.4 is 0 Å². The summed E-state index contributed by atoms with van der Waals surface area (Å²) in [6, 6.07) is 0. The number of rotatable bonds is 88. The smallest absolute Gasteiger partial charge is 0.128 e. The first-order valence-electron chi connectivity index (χ1n) is 32.6. The molecule has 0 aromatic rings. The second-order valence-electron chi connectivity index (χ2n) is 18.5. The number of aliphatic hydroxyl groups excluding tert-OH is 4. The fourth-order valence-electron chi connectivity index (χ4n) is 6.53. The van der Waals surface area contributed by atoms with Crippen LogP contribution in [0.1, 0.15) is 0 Å². The summed E-state index contributed by atoms with van der Waals surface area (Å²) < 4.78 is 153.